The fourth-order valence-electron chi connectivity index (χ4n) is 2.36. The van der Waals surface area contributed by atoms with Gasteiger partial charge in [0.1, 0.15) is 5.75 Å². The molecule has 1 aromatic heterocycles. The van der Waals surface area contributed by atoms with Crippen molar-refractivity contribution >= 4 is 11.8 Å². The van der Waals surface area contributed by atoms with E-state index in [0.717, 1.165) is 12.1 Å². The van der Waals surface area contributed by atoms with Crippen molar-refractivity contribution < 1.29 is 27.5 Å². The van der Waals surface area contributed by atoms with E-state index in [0.29, 0.717) is 17.5 Å². The van der Waals surface area contributed by atoms with Gasteiger partial charge in [0.15, 0.2) is 0 Å². The first kappa shape index (κ1) is 22.2. The largest absolute Gasteiger partial charge is 0.439 e. The Morgan fingerprint density at radius 1 is 1.07 bits per heavy atom. The maximum atomic E-state index is 12.6. The fourth-order valence-corrected chi connectivity index (χ4v) is 2.36. The van der Waals surface area contributed by atoms with Crippen LogP contribution in [-0.2, 0) is 11.0 Å². The average molecular weight is 409 g/mol. The van der Waals surface area contributed by atoms with Crippen LogP contribution in [0.3, 0.4) is 0 Å². The summed E-state index contributed by atoms with van der Waals surface area (Å²) in [5.74, 6) is -0.329. The molecule has 0 aliphatic rings. The molecule has 0 spiro atoms. The third-order valence-electron chi connectivity index (χ3n) is 3.63. The number of halogens is 3. The monoisotopic (exact) mass is 409 g/mol. The number of likely N-dealkylation sites (N-methyl/N-ethyl adjacent to an activating group) is 1. The maximum Gasteiger partial charge on any atom is 0.417 e. The number of carbonyl (C=O) groups is 2. The number of hydrogen-bond donors (Lipinski definition) is 1. The summed E-state index contributed by atoms with van der Waals surface area (Å²) in [5.41, 5.74) is -0.931. The topological polar surface area (TPSA) is 71.5 Å². The van der Waals surface area contributed by atoms with E-state index in [4.69, 9.17) is 4.74 Å². The van der Waals surface area contributed by atoms with Crippen molar-refractivity contribution in [1.82, 2.24) is 15.2 Å². The van der Waals surface area contributed by atoms with Crippen LogP contribution in [0.25, 0.3) is 0 Å². The summed E-state index contributed by atoms with van der Waals surface area (Å²) in [5, 5.41) is 2.78. The molecule has 6 nitrogen and oxygen atoms in total. The number of pyridine rings is 1. The van der Waals surface area contributed by atoms with E-state index >= 15 is 0 Å². The van der Waals surface area contributed by atoms with Gasteiger partial charge in [-0.3, -0.25) is 9.59 Å². The lowest BCUT2D eigenvalue weighted by molar-refractivity contribution is -0.137. The van der Waals surface area contributed by atoms with E-state index in [9.17, 15) is 22.8 Å². The Balaban J connectivity index is 1.98. The highest BCUT2D eigenvalue weighted by Crippen LogP contribution is 2.30. The molecule has 0 radical (unpaired) electrons. The fraction of sp³-hybridized carbons (Fsp3) is 0.350. The molecule has 1 N–H and O–H groups in total. The summed E-state index contributed by atoms with van der Waals surface area (Å²) >= 11 is 0. The van der Waals surface area contributed by atoms with E-state index in [2.05, 4.69) is 10.3 Å². The molecule has 2 amide bonds. The van der Waals surface area contributed by atoms with E-state index < -0.39 is 17.3 Å². The molecule has 1 aromatic carbocycles. The van der Waals surface area contributed by atoms with Crippen molar-refractivity contribution in [2.75, 3.05) is 13.6 Å². The third kappa shape index (κ3) is 6.78. The summed E-state index contributed by atoms with van der Waals surface area (Å²) in [6.07, 6.45) is -3.78. The third-order valence-corrected chi connectivity index (χ3v) is 3.63. The lowest BCUT2D eigenvalue weighted by Gasteiger charge is -2.23. The van der Waals surface area contributed by atoms with Gasteiger partial charge in [0.2, 0.25) is 11.8 Å². The van der Waals surface area contributed by atoms with Gasteiger partial charge in [0, 0.05) is 30.4 Å². The zero-order chi connectivity index (χ0) is 21.8. The standard InChI is InChI=1S/C20H22F3N3O3/c1-19(2,3)25-16(27)12-26(4)18(28)13-5-8-15(9-6-13)29-17-10-7-14(11-24-17)20(21,22)23/h5-11H,12H2,1-4H3,(H,25,27). The van der Waals surface area contributed by atoms with Crippen LogP contribution >= 0.6 is 0 Å². The minimum atomic E-state index is -4.47. The van der Waals surface area contributed by atoms with Crippen LogP contribution in [-0.4, -0.2) is 40.8 Å². The van der Waals surface area contributed by atoms with Gasteiger partial charge < -0.3 is 15.0 Å². The highest BCUT2D eigenvalue weighted by atomic mass is 19.4. The summed E-state index contributed by atoms with van der Waals surface area (Å²) in [4.78, 5) is 29.3. The molecule has 0 unspecified atom stereocenters. The number of alkyl halides is 3. The number of nitrogens with zero attached hydrogens (tertiary/aromatic N) is 2. The predicted molar refractivity (Wildman–Crippen MR) is 101 cm³/mol. The van der Waals surface area contributed by atoms with Gasteiger partial charge in [-0.05, 0) is 51.1 Å². The lowest BCUT2D eigenvalue weighted by Crippen LogP contribution is -2.46. The first-order chi connectivity index (χ1) is 13.3. The van der Waals surface area contributed by atoms with Gasteiger partial charge in [-0.25, -0.2) is 4.98 Å². The predicted octanol–water partition coefficient (Wildman–Crippen LogP) is 3.88. The van der Waals surface area contributed by atoms with Gasteiger partial charge in [0.05, 0.1) is 12.1 Å². The van der Waals surface area contributed by atoms with Crippen molar-refractivity contribution in [3.05, 3.63) is 53.7 Å². The SMILES string of the molecule is CN(CC(=O)NC(C)(C)C)C(=O)c1ccc(Oc2ccc(C(F)(F)F)cn2)cc1. The highest BCUT2D eigenvalue weighted by molar-refractivity contribution is 5.96. The van der Waals surface area contributed by atoms with Crippen molar-refractivity contribution in [3.8, 4) is 11.6 Å². The van der Waals surface area contributed by atoms with Gasteiger partial charge in [-0.2, -0.15) is 13.2 Å². The molecule has 0 fully saturated rings. The summed E-state index contributed by atoms with van der Waals surface area (Å²) in [6.45, 7) is 5.44. The Labute approximate surface area is 166 Å². The molecule has 29 heavy (non-hydrogen) atoms. The molecular formula is C20H22F3N3O3. The maximum absolute atomic E-state index is 12.6. The smallest absolute Gasteiger partial charge is 0.417 e. The molecular weight excluding hydrogens is 387 g/mol. The summed E-state index contributed by atoms with van der Waals surface area (Å²) in [7, 11) is 1.51. The molecule has 0 saturated carbocycles. The zero-order valence-electron chi connectivity index (χ0n) is 16.5. The molecule has 0 aliphatic carbocycles. The molecule has 0 aliphatic heterocycles. The number of carbonyl (C=O) groups excluding carboxylic acids is 2. The molecule has 156 valence electrons. The molecule has 0 atom stereocenters. The number of benzene rings is 1. The molecule has 0 bridgehead atoms. The number of hydrogen-bond acceptors (Lipinski definition) is 4. The van der Waals surface area contributed by atoms with Gasteiger partial charge in [-0.1, -0.05) is 0 Å². The second-order valence-corrected chi connectivity index (χ2v) is 7.47. The van der Waals surface area contributed by atoms with Crippen LogP contribution in [0.5, 0.6) is 11.6 Å². The Morgan fingerprint density at radius 3 is 2.17 bits per heavy atom. The number of ether oxygens (including phenoxy) is 1. The highest BCUT2D eigenvalue weighted by Gasteiger charge is 2.30. The second kappa shape index (κ2) is 8.50. The Kier molecular flexibility index (Phi) is 6.51. The first-order valence-corrected chi connectivity index (χ1v) is 8.73. The lowest BCUT2D eigenvalue weighted by atomic mass is 10.1. The van der Waals surface area contributed by atoms with Crippen LogP contribution in [0.15, 0.2) is 42.6 Å². The molecule has 9 heteroatoms. The summed E-state index contributed by atoms with van der Waals surface area (Å²) < 4.78 is 43.0. The van der Waals surface area contributed by atoms with E-state index in [-0.39, 0.29) is 24.2 Å². The van der Waals surface area contributed by atoms with Gasteiger partial charge >= 0.3 is 6.18 Å². The van der Waals surface area contributed by atoms with Gasteiger partial charge in [-0.15, -0.1) is 0 Å². The number of amides is 2. The van der Waals surface area contributed by atoms with Crippen molar-refractivity contribution in [2.45, 2.75) is 32.5 Å². The molecule has 2 aromatic rings. The second-order valence-electron chi connectivity index (χ2n) is 7.47. The van der Waals surface area contributed by atoms with Gasteiger partial charge in [0.25, 0.3) is 5.91 Å². The quantitative estimate of drug-likeness (QED) is 0.814. The normalized spacial score (nSPS) is 11.7. The minimum Gasteiger partial charge on any atom is -0.439 e. The minimum absolute atomic E-state index is 0.00644. The van der Waals surface area contributed by atoms with Crippen molar-refractivity contribution in [3.63, 3.8) is 0 Å². The zero-order valence-corrected chi connectivity index (χ0v) is 16.5. The molecule has 1 heterocycles. The van der Waals surface area contributed by atoms with Crippen LogP contribution < -0.4 is 10.1 Å². The Bertz CT molecular complexity index is 858. The van der Waals surface area contributed by atoms with Crippen LogP contribution in [0, 0.1) is 0 Å². The van der Waals surface area contributed by atoms with Crippen molar-refractivity contribution in [1.29, 1.82) is 0 Å². The number of nitrogens with one attached hydrogen (secondary N) is 1. The molecule has 2 rings (SSSR count). The van der Waals surface area contributed by atoms with Crippen LogP contribution in [0.4, 0.5) is 13.2 Å². The van der Waals surface area contributed by atoms with E-state index in [1.807, 2.05) is 20.8 Å². The number of rotatable bonds is 5. The van der Waals surface area contributed by atoms with Crippen molar-refractivity contribution in [2.24, 2.45) is 0 Å². The Morgan fingerprint density at radius 2 is 1.69 bits per heavy atom. The average Bonchev–Trinajstić information content (AvgIpc) is 2.59. The van der Waals surface area contributed by atoms with E-state index in [1.165, 1.54) is 36.2 Å². The van der Waals surface area contributed by atoms with E-state index in [1.54, 1.807) is 0 Å². The summed E-state index contributed by atoms with van der Waals surface area (Å²) in [6, 6.07) is 7.98. The first-order valence-electron chi connectivity index (χ1n) is 8.73. The van der Waals surface area contributed by atoms with Crippen LogP contribution in [0.2, 0.25) is 0 Å². The van der Waals surface area contributed by atoms with Crippen LogP contribution in [0.1, 0.15) is 36.7 Å². The Hall–Kier alpha value is -3.10. The molecule has 0 saturated heterocycles. The number of aromatic nitrogens is 1.